The first-order valence-corrected chi connectivity index (χ1v) is 9.87. The average molecular weight is 387 g/mol. The van der Waals surface area contributed by atoms with Crippen molar-refractivity contribution in [3.63, 3.8) is 0 Å². The summed E-state index contributed by atoms with van der Waals surface area (Å²) < 4.78 is 0. The number of unbranched alkanes of at least 4 members (excludes halogenated alkanes) is 2. The molecule has 0 aliphatic carbocycles. The van der Waals surface area contributed by atoms with Gasteiger partial charge in [-0.1, -0.05) is 66.9 Å². The Kier molecular flexibility index (Phi) is 6.58. The number of pyridine rings is 1. The van der Waals surface area contributed by atoms with Crippen LogP contribution in [0.5, 0.6) is 0 Å². The predicted molar refractivity (Wildman–Crippen MR) is 112 cm³/mol. The van der Waals surface area contributed by atoms with Gasteiger partial charge in [-0.15, -0.1) is 0 Å². The van der Waals surface area contributed by atoms with Crippen molar-refractivity contribution in [2.75, 3.05) is 0 Å². The number of rotatable bonds is 8. The number of para-hydroxylation sites is 1. The predicted octanol–water partition coefficient (Wildman–Crippen LogP) is 4.81. The zero-order valence-electron chi connectivity index (χ0n) is 16.6. The number of amides is 1. The number of hydroxylamine groups is 1. The van der Waals surface area contributed by atoms with Crippen LogP contribution in [0.1, 0.15) is 48.9 Å². The van der Waals surface area contributed by atoms with E-state index in [1.54, 1.807) is 5.48 Å². The number of carbonyl (C=O) groups is 1. The Balaban J connectivity index is 1.92. The summed E-state index contributed by atoms with van der Waals surface area (Å²) >= 11 is 0. The van der Waals surface area contributed by atoms with Crippen molar-refractivity contribution in [1.82, 2.24) is 10.5 Å². The van der Waals surface area contributed by atoms with Crippen LogP contribution in [0.4, 0.5) is 0 Å². The van der Waals surface area contributed by atoms with E-state index >= 15 is 0 Å². The van der Waals surface area contributed by atoms with E-state index in [0.29, 0.717) is 12.8 Å². The molecule has 1 amide bonds. The minimum absolute atomic E-state index is 0.273. The summed E-state index contributed by atoms with van der Waals surface area (Å²) in [6, 6.07) is 22.5. The van der Waals surface area contributed by atoms with Crippen LogP contribution in [-0.4, -0.2) is 16.1 Å². The maximum absolute atomic E-state index is 11.2. The summed E-state index contributed by atoms with van der Waals surface area (Å²) in [5.74, 6) is -0.383. The molecule has 0 aliphatic heterocycles. The fraction of sp³-hybridized carbons (Fsp3) is 0.292. The Hall–Kier alpha value is -3.23. The molecule has 148 valence electrons. The number of aryl methyl sites for hydroxylation is 1. The fourth-order valence-corrected chi connectivity index (χ4v) is 3.65. The van der Waals surface area contributed by atoms with Crippen molar-refractivity contribution in [2.45, 2.75) is 44.4 Å². The smallest absolute Gasteiger partial charge is 0.243 e. The van der Waals surface area contributed by atoms with E-state index in [9.17, 15) is 10.1 Å². The van der Waals surface area contributed by atoms with E-state index in [2.05, 4.69) is 6.07 Å². The molecule has 1 aromatic heterocycles. The average Bonchev–Trinajstić information content (AvgIpc) is 2.76. The van der Waals surface area contributed by atoms with Crippen LogP contribution >= 0.6 is 0 Å². The maximum Gasteiger partial charge on any atom is 0.243 e. The van der Waals surface area contributed by atoms with Gasteiger partial charge in [0, 0.05) is 11.8 Å². The summed E-state index contributed by atoms with van der Waals surface area (Å²) in [6.07, 6.45) is 3.10. The molecule has 5 heteroatoms. The summed E-state index contributed by atoms with van der Waals surface area (Å²) in [7, 11) is 0. The van der Waals surface area contributed by atoms with Gasteiger partial charge in [0.2, 0.25) is 5.91 Å². The van der Waals surface area contributed by atoms with Crippen LogP contribution < -0.4 is 5.48 Å². The van der Waals surface area contributed by atoms with Gasteiger partial charge in [0.15, 0.2) is 0 Å². The van der Waals surface area contributed by atoms with Crippen molar-refractivity contribution >= 4 is 16.8 Å². The lowest BCUT2D eigenvalue weighted by Gasteiger charge is -2.27. The van der Waals surface area contributed by atoms with Crippen LogP contribution in [0.15, 0.2) is 60.7 Å². The molecule has 0 bridgehead atoms. The summed E-state index contributed by atoms with van der Waals surface area (Å²) in [4.78, 5) is 16.0. The van der Waals surface area contributed by atoms with Gasteiger partial charge in [0.05, 0.1) is 17.3 Å². The van der Waals surface area contributed by atoms with E-state index in [1.165, 1.54) is 0 Å². The van der Waals surface area contributed by atoms with Crippen LogP contribution in [0, 0.1) is 18.3 Å². The zero-order chi connectivity index (χ0) is 20.7. The number of nitriles is 1. The second-order valence-corrected chi connectivity index (χ2v) is 7.37. The molecule has 0 saturated heterocycles. The quantitative estimate of drug-likeness (QED) is 0.330. The third-order valence-electron chi connectivity index (χ3n) is 5.35. The molecule has 0 aliphatic rings. The molecule has 0 spiro atoms. The molecule has 0 fully saturated rings. The van der Waals surface area contributed by atoms with E-state index < -0.39 is 5.41 Å². The van der Waals surface area contributed by atoms with Crippen LogP contribution in [0.2, 0.25) is 0 Å². The Morgan fingerprint density at radius 2 is 1.83 bits per heavy atom. The number of nitrogens with zero attached hydrogens (tertiary/aromatic N) is 2. The Labute approximate surface area is 171 Å². The molecule has 5 nitrogen and oxygen atoms in total. The Morgan fingerprint density at radius 1 is 1.07 bits per heavy atom. The third-order valence-corrected chi connectivity index (χ3v) is 5.35. The lowest BCUT2D eigenvalue weighted by molar-refractivity contribution is -0.129. The van der Waals surface area contributed by atoms with E-state index in [1.807, 2.05) is 67.6 Å². The van der Waals surface area contributed by atoms with Gasteiger partial charge in [-0.3, -0.25) is 15.0 Å². The number of hydrogen-bond donors (Lipinski definition) is 2. The first-order chi connectivity index (χ1) is 14.1. The first-order valence-electron chi connectivity index (χ1n) is 9.87. The molecular formula is C24H25N3O2. The van der Waals surface area contributed by atoms with Crippen molar-refractivity contribution < 1.29 is 10.0 Å². The minimum atomic E-state index is -0.850. The summed E-state index contributed by atoms with van der Waals surface area (Å²) in [5, 5.41) is 20.0. The second-order valence-electron chi connectivity index (χ2n) is 7.37. The van der Waals surface area contributed by atoms with E-state index in [-0.39, 0.29) is 12.3 Å². The summed E-state index contributed by atoms with van der Waals surface area (Å²) in [5.41, 5.74) is 4.50. The highest BCUT2D eigenvalue weighted by Crippen LogP contribution is 2.37. The minimum Gasteiger partial charge on any atom is -0.289 e. The molecule has 3 aromatic rings. The SMILES string of the molecule is Cc1ccc(C(C#N)(CCCCCC(=O)NO)c2ccc3ccccc3n2)cc1. The third kappa shape index (κ3) is 4.61. The molecule has 29 heavy (non-hydrogen) atoms. The first kappa shape index (κ1) is 20.5. The number of carbonyl (C=O) groups excluding carboxylic acids is 1. The lowest BCUT2D eigenvalue weighted by Crippen LogP contribution is -2.27. The van der Waals surface area contributed by atoms with Gasteiger partial charge in [-0.25, -0.2) is 5.48 Å². The highest BCUT2D eigenvalue weighted by atomic mass is 16.5. The molecule has 1 atom stereocenters. The molecule has 0 radical (unpaired) electrons. The van der Waals surface area contributed by atoms with Crippen molar-refractivity contribution in [3.8, 4) is 6.07 Å². The summed E-state index contributed by atoms with van der Waals surface area (Å²) in [6.45, 7) is 2.03. The van der Waals surface area contributed by atoms with Crippen LogP contribution in [-0.2, 0) is 10.2 Å². The van der Waals surface area contributed by atoms with Gasteiger partial charge >= 0.3 is 0 Å². The molecule has 3 rings (SSSR count). The number of hydrogen-bond acceptors (Lipinski definition) is 4. The van der Waals surface area contributed by atoms with E-state index in [0.717, 1.165) is 40.6 Å². The van der Waals surface area contributed by atoms with Crippen LogP contribution in [0.3, 0.4) is 0 Å². The molecule has 1 unspecified atom stereocenters. The van der Waals surface area contributed by atoms with E-state index in [4.69, 9.17) is 10.2 Å². The highest BCUT2D eigenvalue weighted by molar-refractivity contribution is 5.78. The van der Waals surface area contributed by atoms with Crippen LogP contribution in [0.25, 0.3) is 10.9 Å². The molecule has 2 N–H and O–H groups in total. The van der Waals surface area contributed by atoms with Crippen molar-refractivity contribution in [3.05, 3.63) is 77.5 Å². The van der Waals surface area contributed by atoms with Gasteiger partial charge in [0.1, 0.15) is 5.41 Å². The fourth-order valence-electron chi connectivity index (χ4n) is 3.65. The topological polar surface area (TPSA) is 86.0 Å². The highest BCUT2D eigenvalue weighted by Gasteiger charge is 2.35. The van der Waals surface area contributed by atoms with Gasteiger partial charge in [-0.05, 0) is 37.5 Å². The van der Waals surface area contributed by atoms with Gasteiger partial charge < -0.3 is 0 Å². The lowest BCUT2D eigenvalue weighted by atomic mass is 9.74. The van der Waals surface area contributed by atoms with Gasteiger partial charge in [0.25, 0.3) is 0 Å². The molecule has 1 heterocycles. The molecule has 2 aromatic carbocycles. The standard InChI is InChI=1S/C24H25N3O2/c1-18-10-13-20(14-11-18)24(17-25,16-6-2-3-9-23(28)27-29)22-15-12-19-7-4-5-8-21(19)26-22/h4-5,7-8,10-15,29H,2-3,6,9,16H2,1H3,(H,27,28). The normalized spacial score (nSPS) is 12.9. The number of fused-ring (bicyclic) bond motifs is 1. The number of benzene rings is 2. The molecular weight excluding hydrogens is 362 g/mol. The largest absolute Gasteiger partial charge is 0.289 e. The van der Waals surface area contributed by atoms with Crippen molar-refractivity contribution in [1.29, 1.82) is 5.26 Å². The molecule has 0 saturated carbocycles. The number of aromatic nitrogens is 1. The van der Waals surface area contributed by atoms with Gasteiger partial charge in [-0.2, -0.15) is 5.26 Å². The Morgan fingerprint density at radius 3 is 2.55 bits per heavy atom. The maximum atomic E-state index is 11.2. The zero-order valence-corrected chi connectivity index (χ0v) is 16.6. The monoisotopic (exact) mass is 387 g/mol. The second kappa shape index (κ2) is 9.31. The Bertz CT molecular complexity index is 1020. The van der Waals surface area contributed by atoms with Crippen molar-refractivity contribution in [2.24, 2.45) is 0 Å². The number of nitrogens with one attached hydrogen (secondary N) is 1.